The van der Waals surface area contributed by atoms with E-state index in [1.54, 1.807) is 24.3 Å². The number of carbonyl (C=O) groups excluding carboxylic acids is 3. The van der Waals surface area contributed by atoms with Crippen molar-refractivity contribution in [1.82, 2.24) is 10.2 Å². The summed E-state index contributed by atoms with van der Waals surface area (Å²) in [7, 11) is 0. The number of aryl methyl sites for hydroxylation is 1. The van der Waals surface area contributed by atoms with E-state index in [1.165, 1.54) is 0 Å². The Bertz CT molecular complexity index is 1050. The van der Waals surface area contributed by atoms with Gasteiger partial charge >= 0.3 is 0 Å². The number of fused-ring (bicyclic) bond motifs is 1. The summed E-state index contributed by atoms with van der Waals surface area (Å²) in [5, 5.41) is 2.43. The second kappa shape index (κ2) is 8.62. The molecule has 0 unspecified atom stereocenters. The van der Waals surface area contributed by atoms with E-state index in [-0.39, 0.29) is 43.4 Å². The highest BCUT2D eigenvalue weighted by Crippen LogP contribution is 2.36. The number of nitrogens with one attached hydrogen (secondary N) is 1. The normalized spacial score (nSPS) is 16.4. The number of thioether (sulfide) groups is 1. The molecule has 8 heteroatoms. The molecular formula is C22H20N2O5S. The highest BCUT2D eigenvalue weighted by molar-refractivity contribution is 8.18. The number of imide groups is 1. The van der Waals surface area contributed by atoms with Crippen LogP contribution in [-0.2, 0) is 16.0 Å². The number of nitrogens with zero attached hydrogens (tertiary/aromatic N) is 1. The molecule has 2 aliphatic heterocycles. The van der Waals surface area contributed by atoms with E-state index in [9.17, 15) is 14.4 Å². The van der Waals surface area contributed by atoms with E-state index < -0.39 is 0 Å². The van der Waals surface area contributed by atoms with E-state index in [0.717, 1.165) is 33.4 Å². The largest absolute Gasteiger partial charge is 0.454 e. The summed E-state index contributed by atoms with van der Waals surface area (Å²) in [4.78, 5) is 38.5. The van der Waals surface area contributed by atoms with Gasteiger partial charge in [-0.15, -0.1) is 0 Å². The lowest BCUT2D eigenvalue weighted by Crippen LogP contribution is -2.37. The minimum absolute atomic E-state index is 0.128. The van der Waals surface area contributed by atoms with Gasteiger partial charge in [0.1, 0.15) is 0 Å². The Morgan fingerprint density at radius 2 is 1.97 bits per heavy atom. The summed E-state index contributed by atoms with van der Waals surface area (Å²) in [6.45, 7) is 2.46. The molecule has 2 aromatic carbocycles. The summed E-state index contributed by atoms with van der Waals surface area (Å²) in [5.41, 5.74) is 2.75. The zero-order chi connectivity index (χ0) is 21.1. The smallest absolute Gasteiger partial charge is 0.293 e. The number of benzene rings is 2. The van der Waals surface area contributed by atoms with Gasteiger partial charge in [0.15, 0.2) is 11.5 Å². The number of rotatable bonds is 6. The van der Waals surface area contributed by atoms with Crippen LogP contribution < -0.4 is 14.8 Å². The van der Waals surface area contributed by atoms with Crippen molar-refractivity contribution in [1.29, 1.82) is 0 Å². The first-order valence-corrected chi connectivity index (χ1v) is 10.3. The Morgan fingerprint density at radius 3 is 2.80 bits per heavy atom. The van der Waals surface area contributed by atoms with Crippen LogP contribution in [0.3, 0.4) is 0 Å². The molecule has 1 N–H and O–H groups in total. The van der Waals surface area contributed by atoms with Gasteiger partial charge in [0.05, 0.1) is 11.3 Å². The first kappa shape index (κ1) is 20.0. The van der Waals surface area contributed by atoms with Crippen molar-refractivity contribution in [2.75, 3.05) is 19.9 Å². The van der Waals surface area contributed by atoms with Gasteiger partial charge in [0, 0.05) is 13.1 Å². The molecule has 3 amide bonds. The molecule has 0 spiro atoms. The molecule has 154 valence electrons. The Morgan fingerprint density at radius 1 is 1.17 bits per heavy atom. The highest BCUT2D eigenvalue weighted by Gasteiger charge is 2.34. The average Bonchev–Trinajstić information content (AvgIpc) is 3.29. The molecule has 4 rings (SSSR count). The Balaban J connectivity index is 1.33. The summed E-state index contributed by atoms with van der Waals surface area (Å²) in [5.74, 6) is 0.754. The standard InChI is InChI=1S/C22H20N2O5S/c1-14-4-2-3-5-16(14)12-20(25)23-8-9-24-21(26)19(30-22(24)27)11-15-6-7-17-18(10-15)29-13-28-17/h2-7,10-11H,8-9,12-13H2,1H3,(H,23,25)/b19-11-. The molecule has 7 nitrogen and oxygen atoms in total. The predicted molar refractivity (Wildman–Crippen MR) is 113 cm³/mol. The molecule has 0 bridgehead atoms. The second-order valence-electron chi connectivity index (χ2n) is 6.90. The lowest BCUT2D eigenvalue weighted by Gasteiger charge is -2.13. The first-order valence-electron chi connectivity index (χ1n) is 9.47. The Labute approximate surface area is 178 Å². The zero-order valence-electron chi connectivity index (χ0n) is 16.3. The van der Waals surface area contributed by atoms with Gasteiger partial charge < -0.3 is 14.8 Å². The van der Waals surface area contributed by atoms with Gasteiger partial charge in [-0.1, -0.05) is 30.3 Å². The van der Waals surface area contributed by atoms with Gasteiger partial charge in [-0.2, -0.15) is 0 Å². The molecule has 2 aliphatic rings. The minimum Gasteiger partial charge on any atom is -0.454 e. The fourth-order valence-electron chi connectivity index (χ4n) is 3.20. The van der Waals surface area contributed by atoms with E-state index >= 15 is 0 Å². The maximum Gasteiger partial charge on any atom is 0.293 e. The fourth-order valence-corrected chi connectivity index (χ4v) is 4.06. The number of hydrogen-bond donors (Lipinski definition) is 1. The molecule has 0 aliphatic carbocycles. The molecule has 30 heavy (non-hydrogen) atoms. The van der Waals surface area contributed by atoms with Crippen molar-refractivity contribution in [2.24, 2.45) is 0 Å². The molecule has 1 fully saturated rings. The van der Waals surface area contributed by atoms with E-state index in [2.05, 4.69) is 5.32 Å². The number of amides is 3. The van der Waals surface area contributed by atoms with E-state index in [4.69, 9.17) is 9.47 Å². The van der Waals surface area contributed by atoms with Crippen LogP contribution in [0.15, 0.2) is 47.4 Å². The monoisotopic (exact) mass is 424 g/mol. The third-order valence-corrected chi connectivity index (χ3v) is 5.75. The van der Waals surface area contributed by atoms with Crippen LogP contribution in [0.5, 0.6) is 11.5 Å². The summed E-state index contributed by atoms with van der Waals surface area (Å²) >= 11 is 0.887. The van der Waals surface area contributed by atoms with Gasteiger partial charge in [-0.25, -0.2) is 0 Å². The van der Waals surface area contributed by atoms with Crippen LogP contribution in [0, 0.1) is 6.92 Å². The van der Waals surface area contributed by atoms with Crippen LogP contribution in [-0.4, -0.2) is 41.8 Å². The first-order chi connectivity index (χ1) is 14.5. The van der Waals surface area contributed by atoms with E-state index in [0.29, 0.717) is 16.4 Å². The highest BCUT2D eigenvalue weighted by atomic mass is 32.2. The van der Waals surface area contributed by atoms with Crippen molar-refractivity contribution in [3.8, 4) is 11.5 Å². The number of carbonyl (C=O) groups is 3. The maximum atomic E-state index is 12.6. The Kier molecular flexibility index (Phi) is 5.76. The van der Waals surface area contributed by atoms with Crippen molar-refractivity contribution < 1.29 is 23.9 Å². The van der Waals surface area contributed by atoms with Gasteiger partial charge in [0.2, 0.25) is 12.7 Å². The molecule has 1 saturated heterocycles. The summed E-state index contributed by atoms with van der Waals surface area (Å²) < 4.78 is 10.6. The lowest BCUT2D eigenvalue weighted by atomic mass is 10.1. The molecular weight excluding hydrogens is 404 g/mol. The Hall–Kier alpha value is -3.26. The van der Waals surface area contributed by atoms with E-state index in [1.807, 2.05) is 31.2 Å². The van der Waals surface area contributed by atoms with Crippen LogP contribution in [0.4, 0.5) is 4.79 Å². The van der Waals surface area contributed by atoms with Crippen molar-refractivity contribution in [2.45, 2.75) is 13.3 Å². The third-order valence-electron chi connectivity index (χ3n) is 4.84. The third kappa shape index (κ3) is 4.33. The van der Waals surface area contributed by atoms with Gasteiger partial charge in [-0.05, 0) is 53.6 Å². The molecule has 0 atom stereocenters. The van der Waals surface area contributed by atoms with Crippen LogP contribution >= 0.6 is 11.8 Å². The molecule has 0 saturated carbocycles. The summed E-state index contributed by atoms with van der Waals surface area (Å²) in [6, 6.07) is 13.0. The number of ether oxygens (including phenoxy) is 2. The van der Waals surface area contributed by atoms with Gasteiger partial charge in [-0.3, -0.25) is 19.3 Å². The maximum absolute atomic E-state index is 12.6. The van der Waals surface area contributed by atoms with Crippen LogP contribution in [0.1, 0.15) is 16.7 Å². The van der Waals surface area contributed by atoms with Gasteiger partial charge in [0.25, 0.3) is 11.1 Å². The molecule has 0 aromatic heterocycles. The predicted octanol–water partition coefficient (Wildman–Crippen LogP) is 3.12. The molecule has 2 heterocycles. The zero-order valence-corrected chi connectivity index (χ0v) is 17.2. The molecule has 0 radical (unpaired) electrons. The lowest BCUT2D eigenvalue weighted by molar-refractivity contribution is -0.124. The van der Waals surface area contributed by atoms with Crippen LogP contribution in [0.2, 0.25) is 0 Å². The SMILES string of the molecule is Cc1ccccc1CC(=O)NCCN1C(=O)S/C(=C\c2ccc3c(c2)OCO3)C1=O. The van der Waals surface area contributed by atoms with Crippen LogP contribution in [0.25, 0.3) is 6.08 Å². The molecule has 2 aromatic rings. The van der Waals surface area contributed by atoms with Crippen molar-refractivity contribution >= 4 is 34.9 Å². The average molecular weight is 424 g/mol. The summed E-state index contributed by atoms with van der Waals surface area (Å²) in [6.07, 6.45) is 1.92. The number of hydrogen-bond acceptors (Lipinski definition) is 6. The topological polar surface area (TPSA) is 84.9 Å². The van der Waals surface area contributed by atoms with Crippen molar-refractivity contribution in [3.05, 3.63) is 64.1 Å². The minimum atomic E-state index is -0.365. The van der Waals surface area contributed by atoms with Crippen molar-refractivity contribution in [3.63, 3.8) is 0 Å². The second-order valence-corrected chi connectivity index (χ2v) is 7.89. The fraction of sp³-hybridized carbons (Fsp3) is 0.227. The quantitative estimate of drug-likeness (QED) is 0.718.